The Morgan fingerprint density at radius 1 is 1.21 bits per heavy atom. The van der Waals surface area contributed by atoms with Gasteiger partial charge in [0.15, 0.2) is 5.82 Å². The molecule has 0 saturated heterocycles. The molecule has 0 aliphatic rings. The van der Waals surface area contributed by atoms with E-state index in [9.17, 15) is 23.1 Å². The van der Waals surface area contributed by atoms with Crippen molar-refractivity contribution >= 4 is 52.6 Å². The second-order valence-corrected chi connectivity index (χ2v) is 11.7. The van der Waals surface area contributed by atoms with Gasteiger partial charge in [-0.15, -0.1) is 36.7 Å². The SMILES string of the molecule is Cc1cc(SCCc2nc(-c3ccc(OC(F)(F)F)c(Cl)c3)ns2)ccc1SC(C)(C)C(=O)O. The van der Waals surface area contributed by atoms with E-state index in [2.05, 4.69) is 14.1 Å². The zero-order valence-corrected chi connectivity index (χ0v) is 21.5. The number of aromatic nitrogens is 2. The molecule has 182 valence electrons. The van der Waals surface area contributed by atoms with Crippen molar-refractivity contribution in [1.29, 1.82) is 0 Å². The van der Waals surface area contributed by atoms with E-state index >= 15 is 0 Å². The third-order valence-corrected chi connectivity index (χ3v) is 7.92. The van der Waals surface area contributed by atoms with Crippen molar-refractivity contribution < 1.29 is 27.8 Å². The molecule has 0 bridgehead atoms. The number of carboxylic acids is 1. The summed E-state index contributed by atoms with van der Waals surface area (Å²) in [5.74, 6) is -0.195. The lowest BCUT2D eigenvalue weighted by Crippen LogP contribution is -2.27. The van der Waals surface area contributed by atoms with E-state index in [1.807, 2.05) is 25.1 Å². The minimum Gasteiger partial charge on any atom is -0.480 e. The number of alkyl halides is 3. The van der Waals surface area contributed by atoms with Gasteiger partial charge in [0.1, 0.15) is 15.5 Å². The molecule has 0 fully saturated rings. The van der Waals surface area contributed by atoms with Crippen LogP contribution in [-0.4, -0.2) is 37.3 Å². The van der Waals surface area contributed by atoms with Crippen molar-refractivity contribution in [3.8, 4) is 17.1 Å². The number of hydrogen-bond acceptors (Lipinski definition) is 7. The fourth-order valence-corrected chi connectivity index (χ4v) is 5.68. The normalized spacial score (nSPS) is 12.1. The summed E-state index contributed by atoms with van der Waals surface area (Å²) in [7, 11) is 0. The van der Waals surface area contributed by atoms with Crippen LogP contribution in [-0.2, 0) is 11.2 Å². The van der Waals surface area contributed by atoms with Gasteiger partial charge in [-0.05, 0) is 74.3 Å². The predicted molar refractivity (Wildman–Crippen MR) is 130 cm³/mol. The number of thioether (sulfide) groups is 2. The van der Waals surface area contributed by atoms with Crippen LogP contribution in [0.3, 0.4) is 0 Å². The summed E-state index contributed by atoms with van der Waals surface area (Å²) in [5.41, 5.74) is 1.51. The summed E-state index contributed by atoms with van der Waals surface area (Å²) in [6.07, 6.45) is -4.16. The maximum atomic E-state index is 12.4. The molecule has 0 amide bonds. The van der Waals surface area contributed by atoms with Crippen LogP contribution in [0.5, 0.6) is 5.75 Å². The molecule has 1 aromatic heterocycles. The van der Waals surface area contributed by atoms with E-state index in [-0.39, 0.29) is 5.02 Å². The van der Waals surface area contributed by atoms with Gasteiger partial charge >= 0.3 is 12.3 Å². The van der Waals surface area contributed by atoms with E-state index in [0.29, 0.717) is 17.8 Å². The first kappa shape index (κ1) is 26.7. The Hall–Kier alpha value is -1.95. The van der Waals surface area contributed by atoms with Gasteiger partial charge in [-0.3, -0.25) is 4.79 Å². The van der Waals surface area contributed by atoms with Crippen LogP contribution in [0.25, 0.3) is 11.4 Å². The topological polar surface area (TPSA) is 72.3 Å². The van der Waals surface area contributed by atoms with Crippen molar-refractivity contribution in [1.82, 2.24) is 9.36 Å². The highest BCUT2D eigenvalue weighted by atomic mass is 35.5. The maximum Gasteiger partial charge on any atom is 0.573 e. The number of aliphatic carboxylic acids is 1. The number of carbonyl (C=O) groups is 1. The molecule has 5 nitrogen and oxygen atoms in total. The van der Waals surface area contributed by atoms with Crippen LogP contribution < -0.4 is 4.74 Å². The highest BCUT2D eigenvalue weighted by Crippen LogP contribution is 2.37. The fourth-order valence-electron chi connectivity index (χ4n) is 2.72. The molecule has 12 heteroatoms. The van der Waals surface area contributed by atoms with Gasteiger partial charge in [0.25, 0.3) is 0 Å². The van der Waals surface area contributed by atoms with Gasteiger partial charge < -0.3 is 9.84 Å². The molecule has 1 heterocycles. The molecule has 0 radical (unpaired) electrons. The highest BCUT2D eigenvalue weighted by Gasteiger charge is 2.32. The number of ether oxygens (including phenoxy) is 1. The van der Waals surface area contributed by atoms with Gasteiger partial charge in [0.2, 0.25) is 0 Å². The summed E-state index contributed by atoms with van der Waals surface area (Å²) in [6.45, 7) is 5.31. The molecule has 2 aromatic carbocycles. The van der Waals surface area contributed by atoms with Crippen LogP contribution >= 0.6 is 46.7 Å². The molecular formula is C22H20ClF3N2O3S3. The summed E-state index contributed by atoms with van der Waals surface area (Å²) in [5, 5.41) is 9.94. The second-order valence-electron chi connectivity index (χ2n) is 7.65. The molecule has 0 unspecified atom stereocenters. The van der Waals surface area contributed by atoms with Crippen LogP contribution in [0.2, 0.25) is 5.02 Å². The zero-order chi connectivity index (χ0) is 25.1. The summed E-state index contributed by atoms with van der Waals surface area (Å²) < 4.78 is 44.4. The summed E-state index contributed by atoms with van der Waals surface area (Å²) >= 11 is 10.1. The largest absolute Gasteiger partial charge is 0.573 e. The van der Waals surface area contributed by atoms with Gasteiger partial charge in [-0.1, -0.05) is 11.6 Å². The minimum absolute atomic E-state index is 0.176. The quantitative estimate of drug-likeness (QED) is 0.280. The third kappa shape index (κ3) is 7.27. The van der Waals surface area contributed by atoms with Crippen molar-refractivity contribution in [2.75, 3.05) is 5.75 Å². The second kappa shape index (κ2) is 10.8. The Morgan fingerprint density at radius 3 is 2.56 bits per heavy atom. The van der Waals surface area contributed by atoms with E-state index in [0.717, 1.165) is 32.2 Å². The maximum absolute atomic E-state index is 12.4. The zero-order valence-electron chi connectivity index (χ0n) is 18.3. The van der Waals surface area contributed by atoms with E-state index in [1.54, 1.807) is 25.6 Å². The number of rotatable bonds is 9. The van der Waals surface area contributed by atoms with Crippen molar-refractivity contribution in [2.45, 2.75) is 48.1 Å². The van der Waals surface area contributed by atoms with Crippen molar-refractivity contribution in [2.24, 2.45) is 0 Å². The van der Waals surface area contributed by atoms with Gasteiger partial charge in [-0.25, -0.2) is 4.98 Å². The van der Waals surface area contributed by atoms with E-state index < -0.39 is 22.8 Å². The van der Waals surface area contributed by atoms with Crippen LogP contribution in [0.4, 0.5) is 13.2 Å². The molecule has 34 heavy (non-hydrogen) atoms. The monoisotopic (exact) mass is 548 g/mol. The minimum atomic E-state index is -4.82. The molecule has 0 spiro atoms. The first-order valence-corrected chi connectivity index (χ1v) is 12.8. The number of benzene rings is 2. The first-order chi connectivity index (χ1) is 15.8. The van der Waals surface area contributed by atoms with Gasteiger partial charge in [0.05, 0.1) is 5.02 Å². The smallest absolute Gasteiger partial charge is 0.480 e. The summed E-state index contributed by atoms with van der Waals surface area (Å²) in [4.78, 5) is 17.8. The van der Waals surface area contributed by atoms with E-state index in [1.165, 1.54) is 35.4 Å². The Labute approximate surface area is 212 Å². The first-order valence-electron chi connectivity index (χ1n) is 9.88. The number of halogens is 4. The molecule has 3 aromatic rings. The molecule has 0 aliphatic heterocycles. The van der Waals surface area contributed by atoms with Crippen LogP contribution in [0.15, 0.2) is 46.2 Å². The average Bonchev–Trinajstić information content (AvgIpc) is 3.19. The van der Waals surface area contributed by atoms with Gasteiger partial charge in [-0.2, -0.15) is 4.37 Å². The lowest BCUT2D eigenvalue weighted by Gasteiger charge is -2.19. The van der Waals surface area contributed by atoms with Gasteiger partial charge in [0, 0.05) is 27.5 Å². The number of aryl methyl sites for hydroxylation is 2. The fraction of sp³-hybridized carbons (Fsp3) is 0.318. The lowest BCUT2D eigenvalue weighted by atomic mass is 10.2. The summed E-state index contributed by atoms with van der Waals surface area (Å²) in [6, 6.07) is 9.85. The Bertz CT molecular complexity index is 1190. The van der Waals surface area contributed by atoms with Crippen molar-refractivity contribution in [3.63, 3.8) is 0 Å². The number of hydrogen-bond donors (Lipinski definition) is 1. The predicted octanol–water partition coefficient (Wildman–Crippen LogP) is 7.36. The third-order valence-electron chi connectivity index (χ3n) is 4.50. The Morgan fingerprint density at radius 2 is 1.94 bits per heavy atom. The molecule has 0 atom stereocenters. The number of nitrogens with zero attached hydrogens (tertiary/aromatic N) is 2. The van der Waals surface area contributed by atoms with Crippen molar-refractivity contribution in [3.05, 3.63) is 52.0 Å². The molecular weight excluding hydrogens is 529 g/mol. The van der Waals surface area contributed by atoms with E-state index in [4.69, 9.17) is 11.6 Å². The Kier molecular flexibility index (Phi) is 8.43. The molecule has 0 saturated carbocycles. The lowest BCUT2D eigenvalue weighted by molar-refractivity contribution is -0.274. The van der Waals surface area contributed by atoms with Crippen LogP contribution in [0, 0.1) is 6.92 Å². The average molecular weight is 549 g/mol. The molecule has 3 rings (SSSR count). The number of carboxylic acid groups (broad SMARTS) is 1. The molecule has 1 N–H and O–H groups in total. The standard InChI is InChI=1S/C22H20ClF3N2O3S3/c1-12-10-14(5-7-17(12)33-21(2,3)20(29)30)32-9-8-18-27-19(28-34-18)13-4-6-16(15(23)11-13)31-22(24,25)26/h4-7,10-11H,8-9H2,1-3H3,(H,29,30). The van der Waals surface area contributed by atoms with Crippen LogP contribution in [0.1, 0.15) is 24.4 Å². The molecule has 0 aliphatic carbocycles. The highest BCUT2D eigenvalue weighted by molar-refractivity contribution is 8.01. The Balaban J connectivity index is 1.58.